The molecule has 0 bridgehead atoms. The zero-order valence-corrected chi connectivity index (χ0v) is 15.3. The summed E-state index contributed by atoms with van der Waals surface area (Å²) < 4.78 is 5.34. The number of anilines is 1. The highest BCUT2D eigenvalue weighted by molar-refractivity contribution is 7.98. The number of nitrogens with two attached hydrogens (primary N) is 1. The number of carbonyl (C=O) groups excluding carboxylic acids is 1. The predicted molar refractivity (Wildman–Crippen MR) is 104 cm³/mol. The van der Waals surface area contributed by atoms with E-state index in [9.17, 15) is 4.79 Å². The first-order chi connectivity index (χ1) is 12.7. The maximum atomic E-state index is 10.8. The minimum Gasteiger partial charge on any atom is -0.484 e. The molecular weight excluding hydrogens is 348 g/mol. The molecule has 0 aliphatic carbocycles. The summed E-state index contributed by atoms with van der Waals surface area (Å²) in [6, 6.07) is 15.5. The summed E-state index contributed by atoms with van der Waals surface area (Å²) in [7, 11) is 0. The summed E-state index contributed by atoms with van der Waals surface area (Å²) in [6.45, 7) is 2.71. The Labute approximate surface area is 156 Å². The van der Waals surface area contributed by atoms with Gasteiger partial charge in [-0.05, 0) is 36.8 Å². The second-order valence-electron chi connectivity index (χ2n) is 5.59. The van der Waals surface area contributed by atoms with Crippen molar-refractivity contribution in [3.63, 3.8) is 0 Å². The molecule has 2 aromatic carbocycles. The summed E-state index contributed by atoms with van der Waals surface area (Å²) in [4.78, 5) is 20.1. The molecule has 1 amide bonds. The lowest BCUT2D eigenvalue weighted by molar-refractivity contribution is -0.119. The van der Waals surface area contributed by atoms with Gasteiger partial charge in [-0.3, -0.25) is 4.79 Å². The van der Waals surface area contributed by atoms with Crippen molar-refractivity contribution in [2.24, 2.45) is 5.73 Å². The van der Waals surface area contributed by atoms with Crippen LogP contribution in [0.5, 0.6) is 5.75 Å². The van der Waals surface area contributed by atoms with Crippen LogP contribution in [-0.2, 0) is 10.5 Å². The first-order valence-electron chi connectivity index (χ1n) is 8.29. The van der Waals surface area contributed by atoms with Gasteiger partial charge in [0, 0.05) is 17.7 Å². The van der Waals surface area contributed by atoms with Crippen LogP contribution in [0.3, 0.4) is 0 Å². The van der Waals surface area contributed by atoms with E-state index in [0.29, 0.717) is 16.7 Å². The molecule has 0 aliphatic rings. The summed E-state index contributed by atoms with van der Waals surface area (Å²) in [5, 5.41) is 5.02. The Balaban J connectivity index is 1.75. The van der Waals surface area contributed by atoms with Gasteiger partial charge in [0.2, 0.25) is 0 Å². The van der Waals surface area contributed by atoms with Gasteiger partial charge in [-0.25, -0.2) is 9.97 Å². The summed E-state index contributed by atoms with van der Waals surface area (Å²) in [5.74, 6) is 1.66. The van der Waals surface area contributed by atoms with Crippen LogP contribution in [0.25, 0.3) is 10.9 Å². The van der Waals surface area contributed by atoms with Crippen molar-refractivity contribution < 1.29 is 9.53 Å². The van der Waals surface area contributed by atoms with Crippen LogP contribution in [0, 0.1) is 0 Å². The van der Waals surface area contributed by atoms with Crippen LogP contribution in [0.1, 0.15) is 12.5 Å². The maximum absolute atomic E-state index is 10.8. The number of hydrogen-bond acceptors (Lipinski definition) is 6. The van der Waals surface area contributed by atoms with E-state index in [1.54, 1.807) is 17.8 Å². The lowest BCUT2D eigenvalue weighted by Gasteiger charge is -2.09. The van der Waals surface area contributed by atoms with Crippen molar-refractivity contribution in [1.82, 2.24) is 9.97 Å². The largest absolute Gasteiger partial charge is 0.484 e. The standard InChI is InChI=1S/C19H20N4O2S/c1-2-21-18-15-8-3-4-9-16(15)22-19(23-18)26-12-13-6-5-7-14(10-13)25-11-17(20)24/h3-10H,2,11-12H2,1H3,(H2,20,24)(H,21,22,23). The number of aromatic nitrogens is 2. The number of carbonyl (C=O) groups is 1. The summed E-state index contributed by atoms with van der Waals surface area (Å²) in [6.07, 6.45) is 0. The lowest BCUT2D eigenvalue weighted by atomic mass is 10.2. The molecule has 0 radical (unpaired) electrons. The van der Waals surface area contributed by atoms with Gasteiger partial charge >= 0.3 is 0 Å². The van der Waals surface area contributed by atoms with Gasteiger partial charge in [-0.15, -0.1) is 0 Å². The minimum atomic E-state index is -0.495. The second-order valence-corrected chi connectivity index (χ2v) is 6.54. The van der Waals surface area contributed by atoms with Crippen molar-refractivity contribution >= 4 is 34.4 Å². The third-order valence-corrected chi connectivity index (χ3v) is 4.49. The van der Waals surface area contributed by atoms with Crippen molar-refractivity contribution in [3.8, 4) is 5.75 Å². The molecule has 0 unspecified atom stereocenters. The quantitative estimate of drug-likeness (QED) is 0.469. The zero-order chi connectivity index (χ0) is 18.4. The monoisotopic (exact) mass is 368 g/mol. The van der Waals surface area contributed by atoms with E-state index in [1.165, 1.54) is 0 Å². The minimum absolute atomic E-state index is 0.129. The Morgan fingerprint density at radius 1 is 1.19 bits per heavy atom. The number of nitrogens with zero attached hydrogens (tertiary/aromatic N) is 2. The van der Waals surface area contributed by atoms with Crippen molar-refractivity contribution in [1.29, 1.82) is 0 Å². The van der Waals surface area contributed by atoms with Crippen LogP contribution in [0.2, 0.25) is 0 Å². The van der Waals surface area contributed by atoms with Crippen molar-refractivity contribution in [3.05, 3.63) is 54.1 Å². The molecular formula is C19H20N4O2S. The van der Waals surface area contributed by atoms with Crippen molar-refractivity contribution in [2.75, 3.05) is 18.5 Å². The molecule has 7 heteroatoms. The Bertz CT molecular complexity index is 917. The highest BCUT2D eigenvalue weighted by Gasteiger charge is 2.08. The molecule has 0 fully saturated rings. The van der Waals surface area contributed by atoms with Gasteiger partial charge in [-0.2, -0.15) is 0 Å². The first kappa shape index (κ1) is 18.0. The number of ether oxygens (including phenoxy) is 1. The third kappa shape index (κ3) is 4.64. The van der Waals surface area contributed by atoms with E-state index in [-0.39, 0.29) is 6.61 Å². The maximum Gasteiger partial charge on any atom is 0.255 e. The van der Waals surface area contributed by atoms with E-state index in [2.05, 4.69) is 15.3 Å². The van der Waals surface area contributed by atoms with E-state index in [1.807, 2.05) is 49.4 Å². The number of primary amides is 1. The Kier molecular flexibility index (Phi) is 5.91. The van der Waals surface area contributed by atoms with Gasteiger partial charge in [0.05, 0.1) is 5.52 Å². The number of thioether (sulfide) groups is 1. The first-order valence-corrected chi connectivity index (χ1v) is 9.27. The number of amides is 1. The molecule has 1 aromatic heterocycles. The molecule has 0 atom stereocenters. The number of benzene rings is 2. The number of fused-ring (bicyclic) bond motifs is 1. The molecule has 0 saturated heterocycles. The Hall–Kier alpha value is -2.80. The Morgan fingerprint density at radius 2 is 2.04 bits per heavy atom. The van der Waals surface area contributed by atoms with Crippen LogP contribution in [-0.4, -0.2) is 29.0 Å². The van der Waals surface area contributed by atoms with Crippen LogP contribution in [0.15, 0.2) is 53.7 Å². The van der Waals surface area contributed by atoms with Gasteiger partial charge < -0.3 is 15.8 Å². The Morgan fingerprint density at radius 3 is 2.85 bits per heavy atom. The lowest BCUT2D eigenvalue weighted by Crippen LogP contribution is -2.20. The van der Waals surface area contributed by atoms with Gasteiger partial charge in [0.15, 0.2) is 11.8 Å². The molecule has 3 aromatic rings. The fourth-order valence-electron chi connectivity index (χ4n) is 2.45. The molecule has 134 valence electrons. The average molecular weight is 368 g/mol. The molecule has 0 aliphatic heterocycles. The molecule has 3 rings (SSSR count). The fraction of sp³-hybridized carbons (Fsp3) is 0.211. The summed E-state index contributed by atoms with van der Waals surface area (Å²) in [5.41, 5.74) is 7.08. The second kappa shape index (κ2) is 8.53. The van der Waals surface area contributed by atoms with E-state index in [4.69, 9.17) is 10.5 Å². The number of hydrogen-bond donors (Lipinski definition) is 2. The number of nitrogens with one attached hydrogen (secondary N) is 1. The van der Waals surface area contributed by atoms with Crippen molar-refractivity contribution in [2.45, 2.75) is 17.8 Å². The zero-order valence-electron chi connectivity index (χ0n) is 14.4. The van der Waals surface area contributed by atoms with E-state index in [0.717, 1.165) is 28.8 Å². The predicted octanol–water partition coefficient (Wildman–Crippen LogP) is 3.22. The molecule has 3 N–H and O–H groups in total. The SMILES string of the molecule is CCNc1nc(SCc2cccc(OCC(N)=O)c2)nc2ccccc12. The van der Waals surface area contributed by atoms with E-state index < -0.39 is 5.91 Å². The topological polar surface area (TPSA) is 90.1 Å². The van der Waals surface area contributed by atoms with Gasteiger partial charge in [0.25, 0.3) is 5.91 Å². The smallest absolute Gasteiger partial charge is 0.255 e. The fourth-order valence-corrected chi connectivity index (χ4v) is 3.24. The van der Waals surface area contributed by atoms with Crippen LogP contribution < -0.4 is 15.8 Å². The van der Waals surface area contributed by atoms with Gasteiger partial charge in [-0.1, -0.05) is 36.0 Å². The molecule has 0 spiro atoms. The van der Waals surface area contributed by atoms with Crippen LogP contribution >= 0.6 is 11.8 Å². The van der Waals surface area contributed by atoms with Crippen LogP contribution in [0.4, 0.5) is 5.82 Å². The van der Waals surface area contributed by atoms with E-state index >= 15 is 0 Å². The molecule has 6 nitrogen and oxygen atoms in total. The number of para-hydroxylation sites is 1. The molecule has 26 heavy (non-hydrogen) atoms. The highest BCUT2D eigenvalue weighted by Crippen LogP contribution is 2.27. The number of rotatable bonds is 8. The summed E-state index contributed by atoms with van der Waals surface area (Å²) >= 11 is 1.55. The molecule has 1 heterocycles. The third-order valence-electron chi connectivity index (χ3n) is 3.57. The highest BCUT2D eigenvalue weighted by atomic mass is 32.2. The molecule has 0 saturated carbocycles. The average Bonchev–Trinajstić information content (AvgIpc) is 2.65. The normalized spacial score (nSPS) is 10.7. The van der Waals surface area contributed by atoms with Gasteiger partial charge in [0.1, 0.15) is 11.6 Å².